The van der Waals surface area contributed by atoms with Gasteiger partial charge in [0.25, 0.3) is 0 Å². The van der Waals surface area contributed by atoms with E-state index in [0.717, 1.165) is 23.1 Å². The van der Waals surface area contributed by atoms with Gasteiger partial charge in [-0.25, -0.2) is 8.42 Å². The predicted octanol–water partition coefficient (Wildman–Crippen LogP) is 2.18. The third-order valence-electron chi connectivity index (χ3n) is 3.30. The van der Waals surface area contributed by atoms with Crippen molar-refractivity contribution in [1.82, 2.24) is 4.31 Å². The van der Waals surface area contributed by atoms with Gasteiger partial charge < -0.3 is 5.73 Å². The zero-order chi connectivity index (χ0) is 14.6. The SMILES string of the molecule is CCCN(CC)S(=O)(=O)c1cc(CN)c(C)cc1C. The second kappa shape index (κ2) is 6.50. The van der Waals surface area contributed by atoms with Crippen LogP contribution in [-0.2, 0) is 16.6 Å². The van der Waals surface area contributed by atoms with Gasteiger partial charge in [-0.2, -0.15) is 4.31 Å². The van der Waals surface area contributed by atoms with Crippen LogP contribution in [0.25, 0.3) is 0 Å². The molecule has 5 heteroatoms. The molecule has 0 saturated heterocycles. The molecule has 0 spiro atoms. The van der Waals surface area contributed by atoms with Gasteiger partial charge in [-0.15, -0.1) is 0 Å². The van der Waals surface area contributed by atoms with E-state index >= 15 is 0 Å². The third kappa shape index (κ3) is 3.35. The topological polar surface area (TPSA) is 63.4 Å². The number of nitrogens with two attached hydrogens (primary N) is 1. The summed E-state index contributed by atoms with van der Waals surface area (Å²) in [5, 5.41) is 0. The summed E-state index contributed by atoms with van der Waals surface area (Å²) in [5.41, 5.74) is 8.38. The van der Waals surface area contributed by atoms with Crippen LogP contribution in [0, 0.1) is 13.8 Å². The molecule has 0 heterocycles. The van der Waals surface area contributed by atoms with E-state index in [0.29, 0.717) is 24.5 Å². The Hall–Kier alpha value is -0.910. The van der Waals surface area contributed by atoms with Gasteiger partial charge in [-0.1, -0.05) is 19.9 Å². The Bertz CT molecular complexity index is 539. The van der Waals surface area contributed by atoms with Gasteiger partial charge in [0.1, 0.15) is 0 Å². The summed E-state index contributed by atoms with van der Waals surface area (Å²) in [5.74, 6) is 0. The van der Waals surface area contributed by atoms with E-state index in [1.165, 1.54) is 4.31 Å². The minimum absolute atomic E-state index is 0.356. The van der Waals surface area contributed by atoms with Crippen LogP contribution in [0.5, 0.6) is 0 Å². The maximum absolute atomic E-state index is 12.6. The smallest absolute Gasteiger partial charge is 0.243 e. The molecule has 1 rings (SSSR count). The van der Waals surface area contributed by atoms with Crippen LogP contribution in [-0.4, -0.2) is 25.8 Å². The van der Waals surface area contributed by atoms with Gasteiger partial charge in [-0.05, 0) is 43.0 Å². The van der Waals surface area contributed by atoms with E-state index in [2.05, 4.69) is 0 Å². The fourth-order valence-corrected chi connectivity index (χ4v) is 4.01. The molecule has 0 bridgehead atoms. The minimum atomic E-state index is -3.42. The van der Waals surface area contributed by atoms with Gasteiger partial charge >= 0.3 is 0 Å². The summed E-state index contributed by atoms with van der Waals surface area (Å²) < 4.78 is 26.8. The Morgan fingerprint density at radius 2 is 1.79 bits per heavy atom. The molecular weight excluding hydrogens is 260 g/mol. The number of hydrogen-bond acceptors (Lipinski definition) is 3. The Kier molecular flexibility index (Phi) is 5.52. The lowest BCUT2D eigenvalue weighted by Crippen LogP contribution is -2.32. The van der Waals surface area contributed by atoms with Gasteiger partial charge in [0.15, 0.2) is 0 Å². The highest BCUT2D eigenvalue weighted by Gasteiger charge is 2.24. The Morgan fingerprint density at radius 1 is 1.16 bits per heavy atom. The zero-order valence-electron chi connectivity index (χ0n) is 12.2. The number of sulfonamides is 1. The van der Waals surface area contributed by atoms with E-state index in [1.807, 2.05) is 33.8 Å². The first-order valence-electron chi connectivity index (χ1n) is 6.68. The number of hydrogen-bond donors (Lipinski definition) is 1. The number of rotatable bonds is 6. The molecule has 0 aromatic heterocycles. The molecule has 4 nitrogen and oxygen atoms in total. The molecule has 19 heavy (non-hydrogen) atoms. The van der Waals surface area contributed by atoms with Gasteiger partial charge in [0.2, 0.25) is 10.0 Å². The first-order valence-corrected chi connectivity index (χ1v) is 8.12. The second-order valence-electron chi connectivity index (χ2n) is 4.75. The second-order valence-corrected chi connectivity index (χ2v) is 6.65. The fourth-order valence-electron chi connectivity index (χ4n) is 2.21. The standard InChI is InChI=1S/C14H24N2O2S/c1-5-7-16(6-2)19(17,18)14-9-13(10-15)11(3)8-12(14)4/h8-9H,5-7,10,15H2,1-4H3. The van der Waals surface area contributed by atoms with E-state index in [1.54, 1.807) is 6.07 Å². The fraction of sp³-hybridized carbons (Fsp3) is 0.571. The Labute approximate surface area is 116 Å². The first-order chi connectivity index (χ1) is 8.88. The first kappa shape index (κ1) is 16.1. The maximum Gasteiger partial charge on any atom is 0.243 e. The normalized spacial score (nSPS) is 12.1. The Morgan fingerprint density at radius 3 is 2.26 bits per heavy atom. The molecule has 0 saturated carbocycles. The van der Waals surface area contributed by atoms with Crippen LogP contribution < -0.4 is 5.73 Å². The lowest BCUT2D eigenvalue weighted by molar-refractivity contribution is 0.426. The summed E-state index contributed by atoms with van der Waals surface area (Å²) >= 11 is 0. The van der Waals surface area contributed by atoms with Crippen molar-refractivity contribution in [2.45, 2.75) is 45.6 Å². The van der Waals surface area contributed by atoms with Crippen LogP contribution in [0.15, 0.2) is 17.0 Å². The minimum Gasteiger partial charge on any atom is -0.326 e. The molecule has 0 atom stereocenters. The molecule has 2 N–H and O–H groups in total. The molecule has 1 aromatic carbocycles. The van der Waals surface area contributed by atoms with Gasteiger partial charge in [0, 0.05) is 19.6 Å². The van der Waals surface area contributed by atoms with Crippen LogP contribution in [0.3, 0.4) is 0 Å². The van der Waals surface area contributed by atoms with Crippen molar-refractivity contribution in [2.75, 3.05) is 13.1 Å². The Balaban J connectivity index is 3.35. The molecule has 0 aliphatic rings. The van der Waals surface area contributed by atoms with E-state index < -0.39 is 10.0 Å². The molecular formula is C14H24N2O2S. The molecule has 0 aliphatic heterocycles. The quantitative estimate of drug-likeness (QED) is 0.871. The summed E-state index contributed by atoms with van der Waals surface area (Å²) in [6.07, 6.45) is 0.807. The lowest BCUT2D eigenvalue weighted by Gasteiger charge is -2.22. The van der Waals surface area contributed by atoms with Crippen molar-refractivity contribution in [1.29, 1.82) is 0 Å². The van der Waals surface area contributed by atoms with Crippen LogP contribution in [0.2, 0.25) is 0 Å². The van der Waals surface area contributed by atoms with Crippen LogP contribution in [0.1, 0.15) is 37.0 Å². The van der Waals surface area contributed by atoms with E-state index in [-0.39, 0.29) is 0 Å². The van der Waals surface area contributed by atoms with Crippen molar-refractivity contribution in [2.24, 2.45) is 5.73 Å². The molecule has 0 fully saturated rings. The van der Waals surface area contributed by atoms with Crippen molar-refractivity contribution in [3.8, 4) is 0 Å². The molecule has 0 amide bonds. The number of aryl methyl sites for hydroxylation is 2. The highest BCUT2D eigenvalue weighted by Crippen LogP contribution is 2.23. The number of benzene rings is 1. The summed E-state index contributed by atoms with van der Waals surface area (Å²) in [4.78, 5) is 0.383. The van der Waals surface area contributed by atoms with Crippen LogP contribution in [0.4, 0.5) is 0 Å². The average Bonchev–Trinajstić information content (AvgIpc) is 2.35. The predicted molar refractivity (Wildman–Crippen MR) is 78.5 cm³/mol. The van der Waals surface area contributed by atoms with E-state index in [4.69, 9.17) is 5.73 Å². The highest BCUT2D eigenvalue weighted by molar-refractivity contribution is 7.89. The molecule has 108 valence electrons. The third-order valence-corrected chi connectivity index (χ3v) is 5.41. The number of nitrogens with zero attached hydrogens (tertiary/aromatic N) is 1. The van der Waals surface area contributed by atoms with Crippen molar-refractivity contribution in [3.05, 3.63) is 28.8 Å². The summed E-state index contributed by atoms with van der Waals surface area (Å²) in [6, 6.07) is 3.62. The van der Waals surface area contributed by atoms with Gasteiger partial charge in [-0.3, -0.25) is 0 Å². The van der Waals surface area contributed by atoms with Gasteiger partial charge in [0.05, 0.1) is 4.90 Å². The average molecular weight is 284 g/mol. The molecule has 0 unspecified atom stereocenters. The largest absolute Gasteiger partial charge is 0.326 e. The monoisotopic (exact) mass is 284 g/mol. The lowest BCUT2D eigenvalue weighted by atomic mass is 10.1. The van der Waals surface area contributed by atoms with Crippen LogP contribution >= 0.6 is 0 Å². The molecule has 1 aromatic rings. The van der Waals surface area contributed by atoms with E-state index in [9.17, 15) is 8.42 Å². The maximum atomic E-state index is 12.6. The summed E-state index contributed by atoms with van der Waals surface area (Å²) in [6.45, 7) is 9.02. The molecule has 0 aliphatic carbocycles. The summed E-state index contributed by atoms with van der Waals surface area (Å²) in [7, 11) is -3.42. The van der Waals surface area contributed by atoms with Crippen molar-refractivity contribution >= 4 is 10.0 Å². The highest BCUT2D eigenvalue weighted by atomic mass is 32.2. The van der Waals surface area contributed by atoms with Crippen molar-refractivity contribution < 1.29 is 8.42 Å². The zero-order valence-corrected chi connectivity index (χ0v) is 13.0. The van der Waals surface area contributed by atoms with Crippen molar-refractivity contribution in [3.63, 3.8) is 0 Å². The molecule has 0 radical (unpaired) electrons.